The fourth-order valence-electron chi connectivity index (χ4n) is 9.00. The van der Waals surface area contributed by atoms with E-state index in [-0.39, 0.29) is 17.3 Å². The lowest BCUT2D eigenvalue weighted by Gasteiger charge is -2.58. The van der Waals surface area contributed by atoms with Gasteiger partial charge in [-0.2, -0.15) is 0 Å². The van der Waals surface area contributed by atoms with Crippen LogP contribution in [0, 0.1) is 23.7 Å². The van der Waals surface area contributed by atoms with Crippen molar-refractivity contribution < 1.29 is 28.5 Å². The smallest absolute Gasteiger partial charge is 0.164 e. The van der Waals surface area contributed by atoms with Crippen LogP contribution in [0.5, 0.6) is 0 Å². The Bertz CT molecular complexity index is 1360. The van der Waals surface area contributed by atoms with Gasteiger partial charge in [-0.25, -0.2) is 0 Å². The van der Waals surface area contributed by atoms with Crippen LogP contribution in [-0.2, 0) is 48.3 Å². The SMILES string of the molecule is CC(=O)C[C@H]1C(OC23CC4CC(CC(C4)C2)C3)O[C@H](COCc2ccccc2)[C@H](OCc2ccccc2)[C@@H]1OCc1ccccc1. The monoisotopic (exact) mass is 624 g/mol. The summed E-state index contributed by atoms with van der Waals surface area (Å²) in [6.07, 6.45) is 5.67. The second kappa shape index (κ2) is 14.5. The van der Waals surface area contributed by atoms with Crippen molar-refractivity contribution in [1.29, 1.82) is 0 Å². The number of carbonyl (C=O) groups excluding carboxylic acids is 1. The summed E-state index contributed by atoms with van der Waals surface area (Å²) >= 11 is 0. The quantitative estimate of drug-likeness (QED) is 0.183. The van der Waals surface area contributed by atoms with E-state index < -0.39 is 24.6 Å². The minimum atomic E-state index is -0.581. The molecular formula is C40H48O6. The van der Waals surface area contributed by atoms with Gasteiger partial charge in [-0.1, -0.05) is 91.0 Å². The average Bonchev–Trinajstić information content (AvgIpc) is 3.05. The first-order valence-electron chi connectivity index (χ1n) is 17.3. The average molecular weight is 625 g/mol. The van der Waals surface area contributed by atoms with Gasteiger partial charge in [-0.3, -0.25) is 0 Å². The molecule has 5 aliphatic rings. The topological polar surface area (TPSA) is 63.2 Å². The van der Waals surface area contributed by atoms with E-state index in [9.17, 15) is 4.79 Å². The summed E-state index contributed by atoms with van der Waals surface area (Å²) in [4.78, 5) is 12.9. The van der Waals surface area contributed by atoms with Crippen LogP contribution < -0.4 is 0 Å². The number of benzene rings is 3. The molecule has 6 heteroatoms. The zero-order chi connectivity index (χ0) is 31.3. The normalized spacial score (nSPS) is 33.2. The predicted octanol–water partition coefficient (Wildman–Crippen LogP) is 7.68. The molecule has 6 nitrogen and oxygen atoms in total. The van der Waals surface area contributed by atoms with Crippen LogP contribution in [0.15, 0.2) is 91.0 Å². The number of ether oxygens (including phenoxy) is 5. The highest BCUT2D eigenvalue weighted by Gasteiger charge is 2.56. The fraction of sp³-hybridized carbons (Fsp3) is 0.525. The molecule has 0 amide bonds. The Kier molecular flexibility index (Phi) is 9.99. The summed E-state index contributed by atoms with van der Waals surface area (Å²) in [5.41, 5.74) is 3.06. The molecule has 1 saturated heterocycles. The van der Waals surface area contributed by atoms with E-state index in [2.05, 4.69) is 36.4 Å². The van der Waals surface area contributed by atoms with Gasteiger partial charge < -0.3 is 28.5 Å². The Labute approximate surface area is 273 Å². The van der Waals surface area contributed by atoms with Crippen molar-refractivity contribution in [3.8, 4) is 0 Å². The first kappa shape index (κ1) is 31.7. The Morgan fingerprint density at radius 1 is 0.696 bits per heavy atom. The van der Waals surface area contributed by atoms with Crippen LogP contribution in [0.4, 0.5) is 0 Å². The molecule has 5 fully saturated rings. The highest BCUT2D eigenvalue weighted by Crippen LogP contribution is 2.58. The number of hydrogen-bond donors (Lipinski definition) is 0. The molecule has 1 unspecified atom stereocenters. The van der Waals surface area contributed by atoms with Crippen molar-refractivity contribution in [2.24, 2.45) is 23.7 Å². The fourth-order valence-corrected chi connectivity index (χ4v) is 9.00. The Balaban J connectivity index is 1.18. The number of carbonyl (C=O) groups is 1. The third-order valence-corrected chi connectivity index (χ3v) is 10.6. The van der Waals surface area contributed by atoms with Crippen LogP contribution in [0.25, 0.3) is 0 Å². The summed E-state index contributed by atoms with van der Waals surface area (Å²) in [5, 5.41) is 0. The molecule has 5 atom stereocenters. The van der Waals surface area contributed by atoms with Gasteiger partial charge in [-0.15, -0.1) is 0 Å². The van der Waals surface area contributed by atoms with Gasteiger partial charge >= 0.3 is 0 Å². The van der Waals surface area contributed by atoms with E-state index in [1.165, 1.54) is 19.3 Å². The zero-order valence-electron chi connectivity index (χ0n) is 27.0. The van der Waals surface area contributed by atoms with E-state index in [0.29, 0.717) is 32.8 Å². The van der Waals surface area contributed by atoms with Crippen LogP contribution >= 0.6 is 0 Å². The van der Waals surface area contributed by atoms with Gasteiger partial charge in [0.05, 0.1) is 38.1 Å². The highest BCUT2D eigenvalue weighted by molar-refractivity contribution is 5.75. The highest BCUT2D eigenvalue weighted by atomic mass is 16.7. The van der Waals surface area contributed by atoms with Crippen LogP contribution in [0.3, 0.4) is 0 Å². The summed E-state index contributed by atoms with van der Waals surface area (Å²) < 4.78 is 34.1. The third kappa shape index (κ3) is 7.64. The summed E-state index contributed by atoms with van der Waals surface area (Å²) in [6, 6.07) is 30.6. The molecule has 0 N–H and O–H groups in total. The largest absolute Gasteiger partial charge is 0.374 e. The lowest BCUT2D eigenvalue weighted by molar-refractivity contribution is -0.342. The Hall–Kier alpha value is -2.87. The van der Waals surface area contributed by atoms with Crippen molar-refractivity contribution in [1.82, 2.24) is 0 Å². The van der Waals surface area contributed by atoms with Crippen molar-refractivity contribution in [2.45, 2.75) is 102 Å². The van der Waals surface area contributed by atoms with Gasteiger partial charge in [0.25, 0.3) is 0 Å². The summed E-state index contributed by atoms with van der Waals surface area (Å²) in [7, 11) is 0. The van der Waals surface area contributed by atoms with Crippen molar-refractivity contribution in [3.05, 3.63) is 108 Å². The summed E-state index contributed by atoms with van der Waals surface area (Å²) in [6.45, 7) is 3.27. The summed E-state index contributed by atoms with van der Waals surface area (Å²) in [5.74, 6) is 2.00. The molecule has 3 aromatic rings. The molecule has 0 spiro atoms. The minimum absolute atomic E-state index is 0.0987. The van der Waals surface area contributed by atoms with Gasteiger partial charge in [0.1, 0.15) is 18.0 Å². The first-order valence-corrected chi connectivity index (χ1v) is 17.3. The Morgan fingerprint density at radius 2 is 1.17 bits per heavy atom. The lowest BCUT2D eigenvalue weighted by atomic mass is 9.54. The molecule has 1 heterocycles. The molecule has 4 saturated carbocycles. The van der Waals surface area contributed by atoms with Gasteiger partial charge in [0, 0.05) is 12.3 Å². The van der Waals surface area contributed by atoms with Gasteiger partial charge in [0.15, 0.2) is 6.29 Å². The Morgan fingerprint density at radius 3 is 1.67 bits per heavy atom. The predicted molar refractivity (Wildman–Crippen MR) is 176 cm³/mol. The van der Waals surface area contributed by atoms with Gasteiger partial charge in [0.2, 0.25) is 0 Å². The van der Waals surface area contributed by atoms with Crippen molar-refractivity contribution in [3.63, 3.8) is 0 Å². The molecule has 46 heavy (non-hydrogen) atoms. The number of hydrogen-bond acceptors (Lipinski definition) is 6. The van der Waals surface area contributed by atoms with E-state index in [4.69, 9.17) is 23.7 Å². The first-order chi connectivity index (χ1) is 22.5. The van der Waals surface area contributed by atoms with Crippen LogP contribution in [0.2, 0.25) is 0 Å². The van der Waals surface area contributed by atoms with Crippen molar-refractivity contribution in [2.75, 3.05) is 6.61 Å². The molecule has 0 aromatic heterocycles. The maximum Gasteiger partial charge on any atom is 0.164 e. The minimum Gasteiger partial charge on any atom is -0.374 e. The molecule has 4 aliphatic carbocycles. The van der Waals surface area contributed by atoms with Crippen LogP contribution in [0.1, 0.15) is 68.6 Å². The molecule has 244 valence electrons. The second-order valence-corrected chi connectivity index (χ2v) is 14.4. The molecule has 3 aromatic carbocycles. The third-order valence-electron chi connectivity index (χ3n) is 10.6. The zero-order valence-corrected chi connectivity index (χ0v) is 27.0. The van der Waals surface area contributed by atoms with E-state index in [1.807, 2.05) is 54.6 Å². The molecular weight excluding hydrogens is 576 g/mol. The van der Waals surface area contributed by atoms with Gasteiger partial charge in [-0.05, 0) is 79.9 Å². The molecule has 0 radical (unpaired) electrons. The molecule has 4 bridgehead atoms. The number of Topliss-reactive ketones (excluding diaryl/α,β-unsaturated/α-hetero) is 1. The standard InChI is InChI=1S/C40H48O6/c1-28(41)17-35-37(43-25-30-13-7-3-8-14-30)38(44-26-31-15-9-4-10-16-31)36(27-42-24-29-11-5-2-6-12-29)45-39(35)46-40-21-32-18-33(22-40)20-34(19-32)23-40/h2-16,32-39H,17-27H2,1H3/t32?,33?,34?,35-,36-,37-,38+,39?,40?/m1/s1. The number of ketones is 1. The van der Waals surface area contributed by atoms with Crippen LogP contribution in [-0.4, -0.2) is 42.6 Å². The molecule has 1 aliphatic heterocycles. The number of rotatable bonds is 14. The second-order valence-electron chi connectivity index (χ2n) is 14.4. The van der Waals surface area contributed by atoms with E-state index in [0.717, 1.165) is 53.7 Å². The van der Waals surface area contributed by atoms with Crippen molar-refractivity contribution >= 4 is 5.78 Å². The molecule has 8 rings (SSSR count). The maximum absolute atomic E-state index is 12.9. The van der Waals surface area contributed by atoms with E-state index in [1.54, 1.807) is 6.92 Å². The van der Waals surface area contributed by atoms with E-state index >= 15 is 0 Å². The maximum atomic E-state index is 12.9. The lowest BCUT2D eigenvalue weighted by Crippen LogP contribution is -2.62.